The number of rotatable bonds is 2. The lowest BCUT2D eigenvalue weighted by atomic mass is 10.3. The molecule has 0 aromatic carbocycles. The Morgan fingerprint density at radius 3 is 2.57 bits per heavy atom. The summed E-state index contributed by atoms with van der Waals surface area (Å²) in [6, 6.07) is 0. The van der Waals surface area contributed by atoms with Crippen molar-refractivity contribution >= 4 is 0 Å². The number of hydrogen-bond donors (Lipinski definition) is 1. The molecule has 0 rings (SSSR count). The lowest BCUT2D eigenvalue weighted by molar-refractivity contribution is 0.335. The van der Waals surface area contributed by atoms with Crippen molar-refractivity contribution in [3.63, 3.8) is 0 Å². The summed E-state index contributed by atoms with van der Waals surface area (Å²) in [5.41, 5.74) is 0.752. The minimum atomic E-state index is 0.0599. The molecule has 0 saturated carbocycles. The molecule has 0 aromatic rings. The molecular weight excluding hydrogens is 88.1 g/mol. The first-order valence-corrected chi connectivity index (χ1v) is 2.22. The highest BCUT2D eigenvalue weighted by Gasteiger charge is 1.76. The molecule has 0 aliphatic rings. The third kappa shape index (κ3) is 3.27. The second-order valence-corrected chi connectivity index (χ2v) is 1.32. The molecule has 40 valence electrons. The van der Waals surface area contributed by atoms with Crippen molar-refractivity contribution in [1.82, 2.24) is 0 Å². The van der Waals surface area contributed by atoms with Gasteiger partial charge in [0, 0.05) is 0 Å². The second kappa shape index (κ2) is 3.62. The standard InChI is InChI=1S/C6H10O/c1-3-4-6(2)5-7/h3-4,7H,2,5H2,1H3/b4-3+. The summed E-state index contributed by atoms with van der Waals surface area (Å²) >= 11 is 0. The normalized spacial score (nSPS) is 10.0. The smallest absolute Gasteiger partial charge is 0.0676 e. The van der Waals surface area contributed by atoms with Crippen LogP contribution in [0.3, 0.4) is 0 Å². The van der Waals surface area contributed by atoms with Gasteiger partial charge in [0.1, 0.15) is 0 Å². The molecule has 0 bridgehead atoms. The highest BCUT2D eigenvalue weighted by Crippen LogP contribution is 1.87. The lowest BCUT2D eigenvalue weighted by Crippen LogP contribution is -1.80. The largest absolute Gasteiger partial charge is 0.392 e. The minimum Gasteiger partial charge on any atom is -0.392 e. The monoisotopic (exact) mass is 98.1 g/mol. The fraction of sp³-hybridized carbons (Fsp3) is 0.333. The van der Waals surface area contributed by atoms with E-state index in [-0.39, 0.29) is 6.61 Å². The van der Waals surface area contributed by atoms with Crippen LogP contribution >= 0.6 is 0 Å². The van der Waals surface area contributed by atoms with Crippen LogP contribution in [0.4, 0.5) is 0 Å². The zero-order valence-corrected chi connectivity index (χ0v) is 4.52. The molecule has 1 N–H and O–H groups in total. The summed E-state index contributed by atoms with van der Waals surface area (Å²) in [7, 11) is 0. The summed E-state index contributed by atoms with van der Waals surface area (Å²) in [6.07, 6.45) is 3.62. The number of hydrogen-bond acceptors (Lipinski definition) is 1. The average Bonchev–Trinajstić information content (AvgIpc) is 1.68. The van der Waals surface area contributed by atoms with Crippen molar-refractivity contribution in [2.24, 2.45) is 0 Å². The third-order valence-electron chi connectivity index (χ3n) is 0.605. The van der Waals surface area contributed by atoms with Crippen LogP contribution in [0.2, 0.25) is 0 Å². The van der Waals surface area contributed by atoms with Crippen molar-refractivity contribution in [2.45, 2.75) is 6.92 Å². The molecule has 0 saturated heterocycles. The van der Waals surface area contributed by atoms with E-state index in [1.165, 1.54) is 0 Å². The van der Waals surface area contributed by atoms with Crippen LogP contribution in [-0.4, -0.2) is 11.7 Å². The average molecular weight is 98.1 g/mol. The van der Waals surface area contributed by atoms with Gasteiger partial charge < -0.3 is 5.11 Å². The zero-order valence-electron chi connectivity index (χ0n) is 4.52. The molecule has 0 fully saturated rings. The fourth-order valence-electron chi connectivity index (χ4n) is 0.288. The van der Waals surface area contributed by atoms with Crippen LogP contribution in [0.1, 0.15) is 6.92 Å². The van der Waals surface area contributed by atoms with E-state index < -0.39 is 0 Å². The Hall–Kier alpha value is -0.560. The van der Waals surface area contributed by atoms with Crippen molar-refractivity contribution in [3.8, 4) is 0 Å². The molecule has 0 aliphatic heterocycles. The molecule has 7 heavy (non-hydrogen) atoms. The summed E-state index contributed by atoms with van der Waals surface area (Å²) < 4.78 is 0. The highest BCUT2D eigenvalue weighted by atomic mass is 16.3. The van der Waals surface area contributed by atoms with Crippen LogP contribution in [0, 0.1) is 0 Å². The van der Waals surface area contributed by atoms with Gasteiger partial charge in [0.25, 0.3) is 0 Å². The maximum Gasteiger partial charge on any atom is 0.0676 e. The first-order valence-electron chi connectivity index (χ1n) is 2.22. The van der Waals surface area contributed by atoms with Crippen molar-refractivity contribution in [2.75, 3.05) is 6.61 Å². The van der Waals surface area contributed by atoms with Crippen molar-refractivity contribution < 1.29 is 5.11 Å². The molecule has 0 atom stereocenters. The molecule has 1 heteroatoms. The van der Waals surface area contributed by atoms with Crippen LogP contribution in [0.15, 0.2) is 24.3 Å². The summed E-state index contributed by atoms with van der Waals surface area (Å²) in [5, 5.41) is 8.32. The Morgan fingerprint density at radius 2 is 2.43 bits per heavy atom. The minimum absolute atomic E-state index is 0.0599. The van der Waals surface area contributed by atoms with E-state index in [9.17, 15) is 0 Å². The molecule has 0 radical (unpaired) electrons. The Balaban J connectivity index is 3.37. The maximum absolute atomic E-state index is 8.32. The fourth-order valence-corrected chi connectivity index (χ4v) is 0.288. The van der Waals surface area contributed by atoms with Crippen LogP contribution in [0.25, 0.3) is 0 Å². The van der Waals surface area contributed by atoms with Gasteiger partial charge in [-0.1, -0.05) is 18.7 Å². The van der Waals surface area contributed by atoms with Crippen LogP contribution < -0.4 is 0 Å². The molecule has 0 aliphatic carbocycles. The summed E-state index contributed by atoms with van der Waals surface area (Å²) in [4.78, 5) is 0. The van der Waals surface area contributed by atoms with Gasteiger partial charge in [0.2, 0.25) is 0 Å². The molecule has 0 aromatic heterocycles. The van der Waals surface area contributed by atoms with Gasteiger partial charge in [-0.2, -0.15) is 0 Å². The van der Waals surface area contributed by atoms with E-state index in [4.69, 9.17) is 5.11 Å². The Labute approximate surface area is 44.0 Å². The van der Waals surface area contributed by atoms with Gasteiger partial charge >= 0.3 is 0 Å². The summed E-state index contributed by atoms with van der Waals surface area (Å²) in [6.45, 7) is 5.48. The van der Waals surface area contributed by atoms with Gasteiger partial charge in [-0.15, -0.1) is 0 Å². The third-order valence-corrected chi connectivity index (χ3v) is 0.605. The van der Waals surface area contributed by atoms with Gasteiger partial charge in [0.05, 0.1) is 6.61 Å². The first kappa shape index (κ1) is 6.44. The van der Waals surface area contributed by atoms with Gasteiger partial charge in [-0.25, -0.2) is 0 Å². The van der Waals surface area contributed by atoms with Crippen molar-refractivity contribution in [3.05, 3.63) is 24.3 Å². The van der Waals surface area contributed by atoms with Gasteiger partial charge in [-0.05, 0) is 12.5 Å². The van der Waals surface area contributed by atoms with Gasteiger partial charge in [-0.3, -0.25) is 0 Å². The van der Waals surface area contributed by atoms with E-state index in [2.05, 4.69) is 6.58 Å². The predicted octanol–water partition coefficient (Wildman–Crippen LogP) is 1.11. The first-order chi connectivity index (χ1) is 3.31. The maximum atomic E-state index is 8.32. The predicted molar refractivity (Wildman–Crippen MR) is 31.0 cm³/mol. The highest BCUT2D eigenvalue weighted by molar-refractivity contribution is 5.13. The van der Waals surface area contributed by atoms with E-state index in [1.807, 2.05) is 13.0 Å². The Morgan fingerprint density at radius 1 is 1.86 bits per heavy atom. The Kier molecular flexibility index (Phi) is 3.33. The van der Waals surface area contributed by atoms with E-state index in [0.29, 0.717) is 0 Å². The molecule has 0 spiro atoms. The molecule has 0 unspecified atom stereocenters. The Bertz CT molecular complexity index is 82.2. The topological polar surface area (TPSA) is 20.2 Å². The number of allylic oxidation sites excluding steroid dienone is 1. The number of aliphatic hydroxyl groups is 1. The molecular formula is C6H10O. The molecule has 0 amide bonds. The zero-order chi connectivity index (χ0) is 5.70. The van der Waals surface area contributed by atoms with Gasteiger partial charge in [0.15, 0.2) is 0 Å². The quantitative estimate of drug-likeness (QED) is 0.513. The van der Waals surface area contributed by atoms with E-state index >= 15 is 0 Å². The molecule has 0 heterocycles. The summed E-state index contributed by atoms with van der Waals surface area (Å²) in [5.74, 6) is 0. The SMILES string of the molecule is C=C(/C=C/C)CO. The second-order valence-electron chi connectivity index (χ2n) is 1.32. The van der Waals surface area contributed by atoms with Crippen LogP contribution in [0.5, 0.6) is 0 Å². The van der Waals surface area contributed by atoms with Crippen molar-refractivity contribution in [1.29, 1.82) is 0 Å². The lowest BCUT2D eigenvalue weighted by Gasteiger charge is -1.85. The van der Waals surface area contributed by atoms with E-state index in [1.54, 1.807) is 6.08 Å². The number of aliphatic hydroxyl groups excluding tert-OH is 1. The van der Waals surface area contributed by atoms with E-state index in [0.717, 1.165) is 5.57 Å². The molecule has 1 nitrogen and oxygen atoms in total. The van der Waals surface area contributed by atoms with Crippen LogP contribution in [-0.2, 0) is 0 Å².